The molecule has 0 bridgehead atoms. The Labute approximate surface area is 180 Å². The Bertz CT molecular complexity index is 1050. The van der Waals surface area contributed by atoms with Crippen LogP contribution in [0.25, 0.3) is 0 Å². The van der Waals surface area contributed by atoms with Gasteiger partial charge in [-0.1, -0.05) is 17.7 Å². The molecule has 0 saturated carbocycles. The molecule has 0 aliphatic carbocycles. The van der Waals surface area contributed by atoms with E-state index in [0.29, 0.717) is 11.1 Å². The fourth-order valence-electron chi connectivity index (χ4n) is 2.20. The zero-order chi connectivity index (χ0) is 23.2. The lowest BCUT2D eigenvalue weighted by atomic mass is 10.2. The zero-order valence-electron chi connectivity index (χ0n) is 15.9. The molecule has 2 aromatic rings. The summed E-state index contributed by atoms with van der Waals surface area (Å²) in [4.78, 5) is 27.1. The van der Waals surface area contributed by atoms with Crippen LogP contribution < -0.4 is 10.0 Å². The average molecular weight is 480 g/mol. The number of hydrogen-bond acceptors (Lipinski definition) is 6. The third-order valence-electron chi connectivity index (χ3n) is 3.75. The van der Waals surface area contributed by atoms with Crippen LogP contribution in [0, 0.1) is 0 Å². The van der Waals surface area contributed by atoms with Crippen molar-refractivity contribution in [3.63, 3.8) is 0 Å². The summed E-state index contributed by atoms with van der Waals surface area (Å²) in [5.41, 5.74) is -1.12. The van der Waals surface area contributed by atoms with Gasteiger partial charge in [0.15, 0.2) is 6.10 Å². The maximum absolute atomic E-state index is 12.7. The highest BCUT2D eigenvalue weighted by Crippen LogP contribution is 2.30. The molecule has 0 radical (unpaired) electrons. The Morgan fingerprint density at radius 3 is 2.55 bits per heavy atom. The number of anilines is 1. The normalized spacial score (nSPS) is 12.8. The number of alkyl halides is 3. The molecule has 1 aromatic carbocycles. The summed E-state index contributed by atoms with van der Waals surface area (Å²) in [5.74, 6) is -1.38. The standard InChI is InChI=1S/C18H17ClF3N3O5S/c1-11(17(27)25-15-6-5-13(19)10-23-15)30-16(26)7-8-24-31(28,29)14-4-2-3-12(9-14)18(20,21)22/h2-6,9-11,24H,7-8H2,1H3,(H,23,25,27). The van der Waals surface area contributed by atoms with Gasteiger partial charge >= 0.3 is 12.1 Å². The van der Waals surface area contributed by atoms with E-state index in [4.69, 9.17) is 16.3 Å². The summed E-state index contributed by atoms with van der Waals surface area (Å²) in [6.07, 6.45) is -5.04. The molecule has 168 valence electrons. The maximum atomic E-state index is 12.7. The highest BCUT2D eigenvalue weighted by atomic mass is 35.5. The van der Waals surface area contributed by atoms with Crippen molar-refractivity contribution < 1.29 is 35.9 Å². The van der Waals surface area contributed by atoms with Crippen LogP contribution >= 0.6 is 11.6 Å². The van der Waals surface area contributed by atoms with E-state index in [1.165, 1.54) is 25.3 Å². The number of amides is 1. The van der Waals surface area contributed by atoms with Gasteiger partial charge in [0.1, 0.15) is 5.82 Å². The van der Waals surface area contributed by atoms with Crippen molar-refractivity contribution in [3.05, 3.63) is 53.2 Å². The van der Waals surface area contributed by atoms with Crippen molar-refractivity contribution in [1.29, 1.82) is 0 Å². The minimum atomic E-state index is -4.70. The Balaban J connectivity index is 1.85. The van der Waals surface area contributed by atoms with Gasteiger partial charge in [-0.05, 0) is 37.3 Å². The number of hydrogen-bond donors (Lipinski definition) is 2. The second-order valence-electron chi connectivity index (χ2n) is 6.16. The molecule has 0 saturated heterocycles. The van der Waals surface area contributed by atoms with E-state index in [2.05, 4.69) is 10.3 Å². The van der Waals surface area contributed by atoms with E-state index in [-0.39, 0.29) is 5.82 Å². The van der Waals surface area contributed by atoms with Crippen molar-refractivity contribution in [2.24, 2.45) is 0 Å². The quantitative estimate of drug-likeness (QED) is 0.562. The Morgan fingerprint density at radius 1 is 1.23 bits per heavy atom. The molecule has 0 spiro atoms. The van der Waals surface area contributed by atoms with Gasteiger partial charge in [0.25, 0.3) is 5.91 Å². The van der Waals surface area contributed by atoms with Gasteiger partial charge in [0.2, 0.25) is 10.0 Å². The molecule has 1 atom stereocenters. The molecule has 13 heteroatoms. The van der Waals surface area contributed by atoms with Crippen LogP contribution in [0.4, 0.5) is 19.0 Å². The Morgan fingerprint density at radius 2 is 1.94 bits per heavy atom. The first kappa shape index (κ1) is 24.6. The fraction of sp³-hybridized carbons (Fsp3) is 0.278. The van der Waals surface area contributed by atoms with Crippen LogP contribution in [0.5, 0.6) is 0 Å². The first-order valence-corrected chi connectivity index (χ1v) is 10.5. The SMILES string of the molecule is CC(OC(=O)CCNS(=O)(=O)c1cccc(C(F)(F)F)c1)C(=O)Nc1ccc(Cl)cn1. The number of benzene rings is 1. The lowest BCUT2D eigenvalue weighted by Crippen LogP contribution is -2.32. The molecule has 1 heterocycles. The third-order valence-corrected chi connectivity index (χ3v) is 5.43. The molecule has 1 unspecified atom stereocenters. The van der Waals surface area contributed by atoms with Crippen LogP contribution in [0.1, 0.15) is 18.9 Å². The lowest BCUT2D eigenvalue weighted by Gasteiger charge is -2.13. The van der Waals surface area contributed by atoms with Gasteiger partial charge in [-0.2, -0.15) is 13.2 Å². The lowest BCUT2D eigenvalue weighted by molar-refractivity contribution is -0.153. The summed E-state index contributed by atoms with van der Waals surface area (Å²) in [6, 6.07) is 6.11. The number of nitrogens with one attached hydrogen (secondary N) is 2. The van der Waals surface area contributed by atoms with Crippen LogP contribution in [0.2, 0.25) is 5.02 Å². The van der Waals surface area contributed by atoms with Crippen molar-refractivity contribution in [1.82, 2.24) is 9.71 Å². The molecule has 1 aromatic heterocycles. The number of sulfonamides is 1. The molecule has 2 N–H and O–H groups in total. The molecule has 2 rings (SSSR count). The number of carbonyl (C=O) groups excluding carboxylic acids is 2. The van der Waals surface area contributed by atoms with Gasteiger partial charge in [-0.3, -0.25) is 9.59 Å². The van der Waals surface area contributed by atoms with Gasteiger partial charge in [-0.25, -0.2) is 18.1 Å². The van der Waals surface area contributed by atoms with E-state index < -0.39 is 57.6 Å². The van der Waals surface area contributed by atoms with Crippen molar-refractivity contribution in [2.75, 3.05) is 11.9 Å². The number of pyridine rings is 1. The van der Waals surface area contributed by atoms with Crippen LogP contribution in [-0.2, 0) is 30.5 Å². The number of nitrogens with zero attached hydrogens (tertiary/aromatic N) is 1. The number of esters is 1. The van der Waals surface area contributed by atoms with E-state index in [9.17, 15) is 31.2 Å². The molecule has 31 heavy (non-hydrogen) atoms. The van der Waals surface area contributed by atoms with Gasteiger partial charge in [-0.15, -0.1) is 0 Å². The number of rotatable bonds is 8. The van der Waals surface area contributed by atoms with Crippen molar-refractivity contribution in [3.8, 4) is 0 Å². The zero-order valence-corrected chi connectivity index (χ0v) is 17.5. The predicted molar refractivity (Wildman–Crippen MR) is 105 cm³/mol. The maximum Gasteiger partial charge on any atom is 0.416 e. The summed E-state index contributed by atoms with van der Waals surface area (Å²) in [7, 11) is -4.28. The molecule has 0 aliphatic heterocycles. The summed E-state index contributed by atoms with van der Waals surface area (Å²) in [5, 5.41) is 2.77. The van der Waals surface area contributed by atoms with E-state index in [1.807, 2.05) is 4.72 Å². The van der Waals surface area contributed by atoms with Crippen molar-refractivity contribution in [2.45, 2.75) is 30.5 Å². The Hall–Kier alpha value is -2.70. The van der Waals surface area contributed by atoms with Gasteiger partial charge in [0.05, 0.1) is 21.9 Å². The van der Waals surface area contributed by atoms with E-state index >= 15 is 0 Å². The number of carbonyl (C=O) groups is 2. The monoisotopic (exact) mass is 479 g/mol. The third kappa shape index (κ3) is 7.49. The summed E-state index contributed by atoms with van der Waals surface area (Å²) < 4.78 is 69.4. The first-order valence-electron chi connectivity index (χ1n) is 8.67. The molecule has 8 nitrogen and oxygen atoms in total. The minimum absolute atomic E-state index is 0.186. The Kier molecular flexibility index (Phi) is 7.98. The average Bonchev–Trinajstić information content (AvgIpc) is 2.69. The van der Waals surface area contributed by atoms with E-state index in [1.54, 1.807) is 0 Å². The van der Waals surface area contributed by atoms with Crippen molar-refractivity contribution >= 4 is 39.3 Å². The molecule has 1 amide bonds. The molecule has 0 fully saturated rings. The van der Waals surface area contributed by atoms with E-state index in [0.717, 1.165) is 18.2 Å². The first-order chi connectivity index (χ1) is 14.4. The predicted octanol–water partition coefficient (Wildman–Crippen LogP) is 2.99. The second-order valence-corrected chi connectivity index (χ2v) is 8.36. The largest absolute Gasteiger partial charge is 0.452 e. The summed E-state index contributed by atoms with van der Waals surface area (Å²) >= 11 is 5.68. The number of aromatic nitrogens is 1. The second kappa shape index (κ2) is 10.1. The molecular formula is C18H17ClF3N3O5S. The summed E-state index contributed by atoms with van der Waals surface area (Å²) in [6.45, 7) is 0.862. The van der Waals surface area contributed by atoms with Gasteiger partial charge < -0.3 is 10.1 Å². The molecular weight excluding hydrogens is 463 g/mol. The number of halogens is 4. The smallest absolute Gasteiger partial charge is 0.416 e. The minimum Gasteiger partial charge on any atom is -0.452 e. The van der Waals surface area contributed by atoms with Crippen LogP contribution in [0.15, 0.2) is 47.5 Å². The highest BCUT2D eigenvalue weighted by molar-refractivity contribution is 7.89. The highest BCUT2D eigenvalue weighted by Gasteiger charge is 2.31. The van der Waals surface area contributed by atoms with Crippen LogP contribution in [-0.4, -0.2) is 37.9 Å². The number of ether oxygens (including phenoxy) is 1. The fourth-order valence-corrected chi connectivity index (χ4v) is 3.39. The van der Waals surface area contributed by atoms with Gasteiger partial charge in [0, 0.05) is 12.7 Å². The molecule has 0 aliphatic rings. The topological polar surface area (TPSA) is 114 Å². The van der Waals surface area contributed by atoms with Crippen LogP contribution in [0.3, 0.4) is 0 Å².